The Morgan fingerprint density at radius 2 is 2.27 bits per heavy atom. The molecule has 0 aliphatic rings. The third-order valence-corrected chi connectivity index (χ3v) is 1.93. The average Bonchev–Trinajstić information content (AvgIpc) is 2.69. The summed E-state index contributed by atoms with van der Waals surface area (Å²) in [6.07, 6.45) is 1.43. The van der Waals surface area contributed by atoms with Gasteiger partial charge in [0.15, 0.2) is 6.29 Å². The summed E-state index contributed by atoms with van der Waals surface area (Å²) < 4.78 is 5.76. The Hall–Kier alpha value is -2.17. The Labute approximate surface area is 85.3 Å². The number of benzene rings is 1. The van der Waals surface area contributed by atoms with Crippen molar-refractivity contribution in [3.05, 3.63) is 30.5 Å². The number of para-hydroxylation sites is 1. The first-order valence-electron chi connectivity index (χ1n) is 4.36. The first kappa shape index (κ1) is 9.39. The predicted molar refractivity (Wildman–Crippen MR) is 52.5 cm³/mol. The molecule has 0 atom stereocenters. The lowest BCUT2D eigenvalue weighted by molar-refractivity contribution is -0.110. The van der Waals surface area contributed by atoms with Crippen molar-refractivity contribution in [1.82, 2.24) is 9.78 Å². The molecule has 5 nitrogen and oxygen atoms in total. The summed E-state index contributed by atoms with van der Waals surface area (Å²) in [5, 5.41) is 4.72. The molecule has 0 fully saturated rings. The van der Waals surface area contributed by atoms with Crippen LogP contribution in [-0.2, 0) is 9.53 Å². The minimum absolute atomic E-state index is 0.257. The summed E-state index contributed by atoms with van der Waals surface area (Å²) in [5.74, 6) is 0. The van der Waals surface area contributed by atoms with Crippen LogP contribution in [0.3, 0.4) is 0 Å². The third-order valence-electron chi connectivity index (χ3n) is 1.93. The molecule has 0 saturated carbocycles. The van der Waals surface area contributed by atoms with Crippen LogP contribution in [0, 0.1) is 0 Å². The van der Waals surface area contributed by atoms with Gasteiger partial charge in [-0.2, -0.15) is 9.78 Å². The molecule has 1 aromatic heterocycles. The van der Waals surface area contributed by atoms with Crippen LogP contribution in [0.1, 0.15) is 0 Å². The summed E-state index contributed by atoms with van der Waals surface area (Å²) >= 11 is 0. The Bertz CT molecular complexity index is 504. The quantitative estimate of drug-likeness (QED) is 0.690. The van der Waals surface area contributed by atoms with E-state index < -0.39 is 6.09 Å². The minimum Gasteiger partial charge on any atom is -0.440 e. The van der Waals surface area contributed by atoms with E-state index in [1.54, 1.807) is 18.3 Å². The average molecular weight is 204 g/mol. The van der Waals surface area contributed by atoms with Crippen LogP contribution in [0.15, 0.2) is 30.5 Å². The van der Waals surface area contributed by atoms with Crippen LogP contribution in [-0.4, -0.2) is 28.8 Å². The van der Waals surface area contributed by atoms with Gasteiger partial charge < -0.3 is 4.74 Å². The van der Waals surface area contributed by atoms with Crippen LogP contribution >= 0.6 is 0 Å². The molecule has 0 unspecified atom stereocenters. The number of hydrogen-bond acceptors (Lipinski definition) is 4. The maximum atomic E-state index is 11.4. The Morgan fingerprint density at radius 3 is 3.07 bits per heavy atom. The summed E-state index contributed by atoms with van der Waals surface area (Å²) in [5.41, 5.74) is 0.661. The fraction of sp³-hybridized carbons (Fsp3) is 0.100. The van der Waals surface area contributed by atoms with Gasteiger partial charge in [0.2, 0.25) is 0 Å². The second-order valence-corrected chi connectivity index (χ2v) is 2.86. The molecule has 1 aromatic carbocycles. The smallest absolute Gasteiger partial charge is 0.435 e. The van der Waals surface area contributed by atoms with Gasteiger partial charge >= 0.3 is 6.09 Å². The summed E-state index contributed by atoms with van der Waals surface area (Å²) in [6.45, 7) is -0.257. The zero-order valence-corrected chi connectivity index (χ0v) is 7.79. The number of aldehydes is 1. The number of hydrogen-bond donors (Lipinski definition) is 0. The maximum Gasteiger partial charge on any atom is 0.435 e. The number of carbonyl (C=O) groups is 2. The molecule has 0 N–H and O–H groups in total. The lowest BCUT2D eigenvalue weighted by Gasteiger charge is -2.00. The molecule has 0 spiro atoms. The standard InChI is InChI=1S/C10H8N2O3/c13-5-6-15-10(14)12-9-4-2-1-3-8(9)7-11-12/h1-5,7H,6H2. The van der Waals surface area contributed by atoms with Gasteiger partial charge in [-0.1, -0.05) is 18.2 Å². The van der Waals surface area contributed by atoms with E-state index in [1.807, 2.05) is 12.1 Å². The third kappa shape index (κ3) is 1.71. The van der Waals surface area contributed by atoms with Crippen molar-refractivity contribution >= 4 is 23.3 Å². The van der Waals surface area contributed by atoms with Crippen molar-refractivity contribution in [2.24, 2.45) is 0 Å². The number of ether oxygens (including phenoxy) is 1. The molecule has 0 saturated heterocycles. The molecule has 0 bridgehead atoms. The van der Waals surface area contributed by atoms with Gasteiger partial charge in [-0.3, -0.25) is 4.79 Å². The highest BCUT2D eigenvalue weighted by Crippen LogP contribution is 2.12. The number of nitrogens with zero attached hydrogens (tertiary/aromatic N) is 2. The van der Waals surface area contributed by atoms with Gasteiger partial charge in [-0.15, -0.1) is 0 Å². The van der Waals surface area contributed by atoms with Crippen molar-refractivity contribution in [3.8, 4) is 0 Å². The molecular weight excluding hydrogens is 196 g/mol. The van der Waals surface area contributed by atoms with E-state index >= 15 is 0 Å². The first-order chi connectivity index (χ1) is 7.33. The Morgan fingerprint density at radius 1 is 1.47 bits per heavy atom. The molecular formula is C10H8N2O3. The van der Waals surface area contributed by atoms with E-state index in [4.69, 9.17) is 0 Å². The van der Waals surface area contributed by atoms with E-state index in [9.17, 15) is 9.59 Å². The van der Waals surface area contributed by atoms with Gasteiger partial charge in [0.1, 0.15) is 6.61 Å². The van der Waals surface area contributed by atoms with Gasteiger partial charge in [-0.05, 0) is 6.07 Å². The topological polar surface area (TPSA) is 61.2 Å². The highest BCUT2D eigenvalue weighted by atomic mass is 16.6. The van der Waals surface area contributed by atoms with Crippen LogP contribution in [0.4, 0.5) is 4.79 Å². The lowest BCUT2D eigenvalue weighted by atomic mass is 10.3. The van der Waals surface area contributed by atoms with Gasteiger partial charge in [0, 0.05) is 5.39 Å². The number of aromatic nitrogens is 2. The van der Waals surface area contributed by atoms with Crippen molar-refractivity contribution in [2.45, 2.75) is 0 Å². The summed E-state index contributed by atoms with van der Waals surface area (Å²) in [7, 11) is 0. The van der Waals surface area contributed by atoms with E-state index in [0.717, 1.165) is 10.1 Å². The van der Waals surface area contributed by atoms with Gasteiger partial charge in [0.25, 0.3) is 0 Å². The monoisotopic (exact) mass is 204 g/mol. The highest BCUT2D eigenvalue weighted by molar-refractivity contribution is 5.87. The van der Waals surface area contributed by atoms with Crippen molar-refractivity contribution < 1.29 is 14.3 Å². The minimum atomic E-state index is -0.650. The summed E-state index contributed by atoms with van der Waals surface area (Å²) in [4.78, 5) is 21.4. The van der Waals surface area contributed by atoms with Crippen LogP contribution in [0.5, 0.6) is 0 Å². The lowest BCUT2D eigenvalue weighted by Crippen LogP contribution is -2.15. The van der Waals surface area contributed by atoms with E-state index in [2.05, 4.69) is 9.84 Å². The van der Waals surface area contributed by atoms with E-state index in [0.29, 0.717) is 11.8 Å². The van der Waals surface area contributed by atoms with E-state index in [1.165, 1.54) is 0 Å². The highest BCUT2D eigenvalue weighted by Gasteiger charge is 2.10. The molecule has 2 rings (SSSR count). The zero-order valence-electron chi connectivity index (χ0n) is 7.79. The summed E-state index contributed by atoms with van der Waals surface area (Å²) in [6, 6.07) is 7.25. The number of rotatable bonds is 2. The molecule has 5 heteroatoms. The van der Waals surface area contributed by atoms with Crippen molar-refractivity contribution in [1.29, 1.82) is 0 Å². The normalized spacial score (nSPS) is 10.1. The second kappa shape index (κ2) is 3.91. The zero-order chi connectivity index (χ0) is 10.7. The van der Waals surface area contributed by atoms with Crippen LogP contribution < -0.4 is 0 Å². The van der Waals surface area contributed by atoms with Crippen LogP contribution in [0.2, 0.25) is 0 Å². The van der Waals surface area contributed by atoms with Gasteiger partial charge in [0.05, 0.1) is 11.7 Å². The molecule has 0 aliphatic heterocycles. The van der Waals surface area contributed by atoms with Crippen molar-refractivity contribution in [2.75, 3.05) is 6.61 Å². The molecule has 0 amide bonds. The fourth-order valence-corrected chi connectivity index (χ4v) is 1.28. The molecule has 0 radical (unpaired) electrons. The van der Waals surface area contributed by atoms with Gasteiger partial charge in [-0.25, -0.2) is 4.79 Å². The molecule has 2 aromatic rings. The Kier molecular flexibility index (Phi) is 2.45. The number of fused-ring (bicyclic) bond motifs is 1. The molecule has 1 heterocycles. The molecule has 76 valence electrons. The fourth-order valence-electron chi connectivity index (χ4n) is 1.28. The van der Waals surface area contributed by atoms with Crippen LogP contribution in [0.25, 0.3) is 10.9 Å². The first-order valence-corrected chi connectivity index (χ1v) is 4.36. The second-order valence-electron chi connectivity index (χ2n) is 2.86. The van der Waals surface area contributed by atoms with E-state index in [-0.39, 0.29) is 6.61 Å². The Balaban J connectivity index is 2.35. The molecule has 0 aliphatic carbocycles. The maximum absolute atomic E-state index is 11.4. The SMILES string of the molecule is O=CCOC(=O)n1ncc2ccccc21. The largest absolute Gasteiger partial charge is 0.440 e. The molecule has 15 heavy (non-hydrogen) atoms. The number of carbonyl (C=O) groups excluding carboxylic acids is 2. The predicted octanol–water partition coefficient (Wildman–Crippen LogP) is 1.22. The van der Waals surface area contributed by atoms with Crippen molar-refractivity contribution in [3.63, 3.8) is 0 Å².